The normalized spacial score (nSPS) is 10.8. The zero-order valence-electron chi connectivity index (χ0n) is 13.4. The lowest BCUT2D eigenvalue weighted by molar-refractivity contribution is 0.292. The van der Waals surface area contributed by atoms with Crippen LogP contribution in [0.25, 0.3) is 10.9 Å². The molecule has 0 spiro atoms. The number of aliphatic hydroxyl groups is 1. The highest BCUT2D eigenvalue weighted by atomic mass is 35.5. The second-order valence-corrected chi connectivity index (χ2v) is 5.94. The molecule has 1 heterocycles. The minimum absolute atomic E-state index is 0.144. The first-order valence-corrected chi connectivity index (χ1v) is 8.20. The van der Waals surface area contributed by atoms with E-state index >= 15 is 0 Å². The molecule has 0 aliphatic rings. The Kier molecular flexibility index (Phi) is 5.13. The van der Waals surface area contributed by atoms with Crippen molar-refractivity contribution in [2.45, 2.75) is 13.3 Å². The van der Waals surface area contributed by atoms with Gasteiger partial charge in [0.15, 0.2) is 0 Å². The van der Waals surface area contributed by atoms with Crippen LogP contribution in [0, 0.1) is 6.92 Å². The summed E-state index contributed by atoms with van der Waals surface area (Å²) in [7, 11) is 0. The predicted molar refractivity (Wildman–Crippen MR) is 99.2 cm³/mol. The Morgan fingerprint density at radius 2 is 1.96 bits per heavy atom. The largest absolute Gasteiger partial charge is 0.396 e. The van der Waals surface area contributed by atoms with Crippen molar-refractivity contribution < 1.29 is 5.11 Å². The second kappa shape index (κ2) is 7.47. The molecule has 0 fully saturated rings. The monoisotopic (exact) mass is 342 g/mol. The Labute approximate surface area is 145 Å². The lowest BCUT2D eigenvalue weighted by atomic mass is 10.2. The van der Waals surface area contributed by atoms with Crippen LogP contribution in [-0.2, 0) is 0 Å². The van der Waals surface area contributed by atoms with E-state index in [-0.39, 0.29) is 6.61 Å². The molecular formula is C18H19ClN4O. The molecule has 0 radical (unpaired) electrons. The van der Waals surface area contributed by atoms with Gasteiger partial charge in [0, 0.05) is 29.2 Å². The maximum absolute atomic E-state index is 8.96. The maximum Gasteiger partial charge on any atom is 0.229 e. The molecule has 1 aromatic heterocycles. The number of hydrogen-bond donors (Lipinski definition) is 3. The van der Waals surface area contributed by atoms with Crippen molar-refractivity contribution in [3.05, 3.63) is 53.1 Å². The topological polar surface area (TPSA) is 70.1 Å². The first-order valence-electron chi connectivity index (χ1n) is 7.82. The van der Waals surface area contributed by atoms with Crippen LogP contribution in [0.2, 0.25) is 5.02 Å². The lowest BCUT2D eigenvalue weighted by Crippen LogP contribution is -2.08. The van der Waals surface area contributed by atoms with E-state index in [2.05, 4.69) is 20.6 Å². The Bertz CT molecular complexity index is 854. The fourth-order valence-electron chi connectivity index (χ4n) is 2.44. The van der Waals surface area contributed by atoms with Gasteiger partial charge in [-0.15, -0.1) is 0 Å². The molecule has 3 aromatic rings. The molecule has 0 saturated carbocycles. The van der Waals surface area contributed by atoms with E-state index in [1.165, 1.54) is 0 Å². The van der Waals surface area contributed by atoms with Crippen molar-refractivity contribution in [3.63, 3.8) is 0 Å². The average Bonchev–Trinajstić information content (AvgIpc) is 2.57. The summed E-state index contributed by atoms with van der Waals surface area (Å²) in [6.45, 7) is 2.78. The smallest absolute Gasteiger partial charge is 0.229 e. The minimum Gasteiger partial charge on any atom is -0.396 e. The summed E-state index contributed by atoms with van der Waals surface area (Å²) >= 11 is 6.00. The van der Waals surface area contributed by atoms with Crippen LogP contribution in [0.4, 0.5) is 17.5 Å². The minimum atomic E-state index is 0.144. The number of hydrogen-bond acceptors (Lipinski definition) is 5. The fraction of sp³-hybridized carbons (Fsp3) is 0.222. The van der Waals surface area contributed by atoms with Crippen molar-refractivity contribution >= 4 is 40.0 Å². The summed E-state index contributed by atoms with van der Waals surface area (Å²) in [5.74, 6) is 1.27. The van der Waals surface area contributed by atoms with E-state index in [1.54, 1.807) is 0 Å². The van der Waals surface area contributed by atoms with Crippen molar-refractivity contribution in [3.8, 4) is 0 Å². The average molecular weight is 343 g/mol. The molecule has 2 aromatic carbocycles. The first kappa shape index (κ1) is 16.5. The highest BCUT2D eigenvalue weighted by Gasteiger charge is 2.08. The van der Waals surface area contributed by atoms with Crippen LogP contribution in [-0.4, -0.2) is 28.2 Å². The zero-order chi connectivity index (χ0) is 16.9. The lowest BCUT2D eigenvalue weighted by Gasteiger charge is -2.13. The molecule has 0 aliphatic carbocycles. The van der Waals surface area contributed by atoms with Crippen molar-refractivity contribution in [1.29, 1.82) is 0 Å². The van der Waals surface area contributed by atoms with Gasteiger partial charge >= 0.3 is 0 Å². The molecule has 0 amide bonds. The molecule has 5 nitrogen and oxygen atoms in total. The van der Waals surface area contributed by atoms with Gasteiger partial charge in [-0.3, -0.25) is 0 Å². The van der Waals surface area contributed by atoms with Crippen LogP contribution in [0.15, 0.2) is 42.5 Å². The Morgan fingerprint density at radius 3 is 2.75 bits per heavy atom. The number of aryl methyl sites for hydroxylation is 1. The van der Waals surface area contributed by atoms with Gasteiger partial charge in [0.05, 0.1) is 5.52 Å². The number of nitrogens with zero attached hydrogens (tertiary/aromatic N) is 2. The molecule has 124 valence electrons. The highest BCUT2D eigenvalue weighted by molar-refractivity contribution is 6.30. The van der Waals surface area contributed by atoms with Crippen molar-refractivity contribution in [2.75, 3.05) is 23.8 Å². The molecule has 3 N–H and O–H groups in total. The molecule has 6 heteroatoms. The van der Waals surface area contributed by atoms with Gasteiger partial charge in [0.25, 0.3) is 0 Å². The van der Waals surface area contributed by atoms with Crippen LogP contribution >= 0.6 is 11.6 Å². The Balaban J connectivity index is 1.95. The standard InChI is InChI=1S/C18H19ClN4O/c1-12-11-13(19)7-8-15(12)21-18-22-16-6-3-2-5-14(16)17(23-18)20-9-4-10-24/h2-3,5-8,11,24H,4,9-10H2,1H3,(H2,20,21,22,23). The third-order valence-corrected chi connectivity index (χ3v) is 3.90. The Hall–Kier alpha value is -2.37. The van der Waals surface area contributed by atoms with Gasteiger partial charge in [-0.1, -0.05) is 23.7 Å². The highest BCUT2D eigenvalue weighted by Crippen LogP contribution is 2.26. The van der Waals surface area contributed by atoms with E-state index < -0.39 is 0 Å². The quantitative estimate of drug-likeness (QED) is 0.587. The summed E-state index contributed by atoms with van der Waals surface area (Å²) in [5, 5.41) is 17.1. The number of fused-ring (bicyclic) bond motifs is 1. The van der Waals surface area contributed by atoms with Crippen LogP contribution < -0.4 is 10.6 Å². The van der Waals surface area contributed by atoms with Gasteiger partial charge in [-0.2, -0.15) is 4.98 Å². The van der Waals surface area contributed by atoms with Gasteiger partial charge in [-0.05, 0) is 49.2 Å². The SMILES string of the molecule is Cc1cc(Cl)ccc1Nc1nc(NCCCO)c2ccccc2n1. The van der Waals surface area contributed by atoms with E-state index in [9.17, 15) is 0 Å². The molecule has 0 atom stereocenters. The van der Waals surface area contributed by atoms with Gasteiger partial charge in [0.1, 0.15) is 5.82 Å². The number of halogens is 1. The summed E-state index contributed by atoms with van der Waals surface area (Å²) in [5.41, 5.74) is 2.79. The number of aliphatic hydroxyl groups excluding tert-OH is 1. The second-order valence-electron chi connectivity index (χ2n) is 5.50. The molecule has 0 saturated heterocycles. The van der Waals surface area contributed by atoms with Gasteiger partial charge < -0.3 is 15.7 Å². The van der Waals surface area contributed by atoms with E-state index in [0.29, 0.717) is 23.9 Å². The number of aromatic nitrogens is 2. The third-order valence-electron chi connectivity index (χ3n) is 3.67. The van der Waals surface area contributed by atoms with Gasteiger partial charge in [0.2, 0.25) is 5.95 Å². The molecule has 0 unspecified atom stereocenters. The third kappa shape index (κ3) is 3.75. The Morgan fingerprint density at radius 1 is 1.12 bits per heavy atom. The zero-order valence-corrected chi connectivity index (χ0v) is 14.1. The number of para-hydroxylation sites is 1. The molecular weight excluding hydrogens is 324 g/mol. The van der Waals surface area contributed by atoms with Crippen LogP contribution in [0.1, 0.15) is 12.0 Å². The molecule has 0 bridgehead atoms. The maximum atomic E-state index is 8.96. The summed E-state index contributed by atoms with van der Waals surface area (Å²) in [6, 6.07) is 13.5. The fourth-order valence-corrected chi connectivity index (χ4v) is 2.67. The van der Waals surface area contributed by atoms with Crippen molar-refractivity contribution in [2.24, 2.45) is 0 Å². The molecule has 3 rings (SSSR count). The predicted octanol–water partition coefficient (Wildman–Crippen LogP) is 4.13. The van der Waals surface area contributed by atoms with Gasteiger partial charge in [-0.25, -0.2) is 4.98 Å². The van der Waals surface area contributed by atoms with Crippen LogP contribution in [0.3, 0.4) is 0 Å². The number of nitrogens with one attached hydrogen (secondary N) is 2. The van der Waals surface area contributed by atoms with Crippen molar-refractivity contribution in [1.82, 2.24) is 9.97 Å². The first-order chi connectivity index (χ1) is 11.7. The molecule has 24 heavy (non-hydrogen) atoms. The van der Waals surface area contributed by atoms with E-state index in [1.807, 2.05) is 49.4 Å². The molecule has 0 aliphatic heterocycles. The van der Waals surface area contributed by atoms with E-state index in [0.717, 1.165) is 28.0 Å². The van der Waals surface area contributed by atoms with Crippen LogP contribution in [0.5, 0.6) is 0 Å². The number of rotatable bonds is 6. The van der Waals surface area contributed by atoms with E-state index in [4.69, 9.17) is 16.7 Å². The number of anilines is 3. The number of benzene rings is 2. The summed E-state index contributed by atoms with van der Waals surface area (Å²) in [4.78, 5) is 9.16. The summed E-state index contributed by atoms with van der Waals surface area (Å²) in [6.07, 6.45) is 0.664. The summed E-state index contributed by atoms with van der Waals surface area (Å²) < 4.78 is 0.